The van der Waals surface area contributed by atoms with E-state index >= 15 is 0 Å². The molecule has 4 nitrogen and oxygen atoms in total. The van der Waals surface area contributed by atoms with Crippen molar-refractivity contribution in [1.82, 2.24) is 5.32 Å². The molecule has 1 amide bonds. The summed E-state index contributed by atoms with van der Waals surface area (Å²) in [6.45, 7) is -1.47. The first kappa shape index (κ1) is 19.6. The number of esters is 1. The van der Waals surface area contributed by atoms with Crippen LogP contribution < -0.4 is 5.32 Å². The summed E-state index contributed by atoms with van der Waals surface area (Å²) in [6, 6.07) is 0.0622. The largest absolute Gasteiger partial charge is 0.462 e. The predicted octanol–water partition coefficient (Wildman–Crippen LogP) is 3.00. The van der Waals surface area contributed by atoms with Gasteiger partial charge in [-0.05, 0) is 12.8 Å². The van der Waals surface area contributed by atoms with Crippen molar-refractivity contribution >= 4 is 11.9 Å². The monoisotopic (exact) mass is 345 g/mol. The highest BCUT2D eigenvalue weighted by Crippen LogP contribution is 2.29. The third-order valence-electron chi connectivity index (χ3n) is 3.63. The van der Waals surface area contributed by atoms with E-state index in [4.69, 9.17) is 0 Å². The highest BCUT2D eigenvalue weighted by Gasteiger charge is 2.50. The molecule has 1 aliphatic rings. The molecule has 134 valence electrons. The van der Waals surface area contributed by atoms with Gasteiger partial charge in [0.1, 0.15) is 6.61 Å². The molecule has 1 unspecified atom stereocenters. The maximum absolute atomic E-state index is 12.9. The van der Waals surface area contributed by atoms with Crippen molar-refractivity contribution in [2.45, 2.75) is 69.5 Å². The van der Waals surface area contributed by atoms with E-state index in [1.54, 1.807) is 0 Å². The number of nitrogens with one attached hydrogen (secondary N) is 1. The highest BCUT2D eigenvalue weighted by molar-refractivity contribution is 5.81. The Balaban J connectivity index is 2.22. The minimum atomic E-state index is -4.88. The SMILES string of the molecule is O=C(CCC(=O)OCC(F)C(F)(F)C(F)F)NC1CCCCC1. The van der Waals surface area contributed by atoms with E-state index in [2.05, 4.69) is 10.1 Å². The van der Waals surface area contributed by atoms with Gasteiger partial charge in [0.2, 0.25) is 12.1 Å². The number of hydrogen-bond acceptors (Lipinski definition) is 3. The summed E-state index contributed by atoms with van der Waals surface area (Å²) in [4.78, 5) is 22.8. The zero-order valence-corrected chi connectivity index (χ0v) is 12.5. The first-order valence-corrected chi connectivity index (χ1v) is 7.48. The van der Waals surface area contributed by atoms with Crippen LogP contribution in [0.2, 0.25) is 0 Å². The van der Waals surface area contributed by atoms with Gasteiger partial charge in [-0.3, -0.25) is 9.59 Å². The number of ether oxygens (including phenoxy) is 1. The summed E-state index contributed by atoms with van der Waals surface area (Å²) >= 11 is 0. The zero-order valence-electron chi connectivity index (χ0n) is 12.5. The second kappa shape index (κ2) is 9.02. The number of carbonyl (C=O) groups is 2. The van der Waals surface area contributed by atoms with Crippen LogP contribution in [0.4, 0.5) is 22.0 Å². The summed E-state index contributed by atoms with van der Waals surface area (Å²) in [5.74, 6) is -6.35. The van der Waals surface area contributed by atoms with Gasteiger partial charge in [-0.2, -0.15) is 8.78 Å². The lowest BCUT2D eigenvalue weighted by Crippen LogP contribution is -2.41. The Morgan fingerprint density at radius 1 is 1.09 bits per heavy atom. The summed E-state index contributed by atoms with van der Waals surface area (Å²) in [5.41, 5.74) is 0. The second-order valence-electron chi connectivity index (χ2n) is 5.53. The lowest BCUT2D eigenvalue weighted by atomic mass is 9.95. The van der Waals surface area contributed by atoms with E-state index in [0.29, 0.717) is 0 Å². The zero-order chi connectivity index (χ0) is 17.5. The third kappa shape index (κ3) is 6.70. The molecule has 1 atom stereocenters. The van der Waals surface area contributed by atoms with Gasteiger partial charge in [-0.15, -0.1) is 0 Å². The lowest BCUT2D eigenvalue weighted by Gasteiger charge is -2.22. The van der Waals surface area contributed by atoms with E-state index in [-0.39, 0.29) is 18.4 Å². The molecule has 23 heavy (non-hydrogen) atoms. The minimum absolute atomic E-state index is 0.0622. The maximum Gasteiger partial charge on any atom is 0.341 e. The van der Waals surface area contributed by atoms with Gasteiger partial charge in [0, 0.05) is 12.5 Å². The smallest absolute Gasteiger partial charge is 0.341 e. The molecule has 0 heterocycles. The first-order valence-electron chi connectivity index (χ1n) is 7.48. The molecular weight excluding hydrogens is 325 g/mol. The maximum atomic E-state index is 12.9. The van der Waals surface area contributed by atoms with Crippen LogP contribution in [-0.2, 0) is 14.3 Å². The number of amides is 1. The fraction of sp³-hybridized carbons (Fsp3) is 0.857. The molecule has 0 aromatic carbocycles. The van der Waals surface area contributed by atoms with Crippen LogP contribution in [0.1, 0.15) is 44.9 Å². The second-order valence-corrected chi connectivity index (χ2v) is 5.53. The van der Waals surface area contributed by atoms with Crippen molar-refractivity contribution in [3.63, 3.8) is 0 Å². The molecule has 1 saturated carbocycles. The van der Waals surface area contributed by atoms with E-state index in [1.807, 2.05) is 0 Å². The minimum Gasteiger partial charge on any atom is -0.462 e. The van der Waals surface area contributed by atoms with Gasteiger partial charge in [-0.25, -0.2) is 13.2 Å². The Kier molecular flexibility index (Phi) is 7.70. The van der Waals surface area contributed by atoms with Crippen LogP contribution in [0, 0.1) is 0 Å². The molecule has 0 aromatic rings. The number of alkyl halides is 5. The summed E-state index contributed by atoms with van der Waals surface area (Å²) in [7, 11) is 0. The molecule has 1 fully saturated rings. The Morgan fingerprint density at radius 2 is 1.70 bits per heavy atom. The Morgan fingerprint density at radius 3 is 2.26 bits per heavy atom. The summed E-state index contributed by atoms with van der Waals surface area (Å²) in [5, 5.41) is 2.74. The highest BCUT2D eigenvalue weighted by atomic mass is 19.3. The molecule has 0 radical (unpaired) electrons. The number of halogens is 5. The molecular formula is C14H20F5NO3. The predicted molar refractivity (Wildman–Crippen MR) is 71.1 cm³/mol. The van der Waals surface area contributed by atoms with Gasteiger partial charge in [0.15, 0.2) is 0 Å². The van der Waals surface area contributed by atoms with Gasteiger partial charge in [0.25, 0.3) is 0 Å². The molecule has 1 rings (SSSR count). The molecule has 0 aliphatic heterocycles. The third-order valence-corrected chi connectivity index (χ3v) is 3.63. The molecule has 9 heteroatoms. The number of rotatable bonds is 8. The normalized spacial score (nSPS) is 17.8. The van der Waals surface area contributed by atoms with E-state index < -0.39 is 37.5 Å². The van der Waals surface area contributed by atoms with Crippen molar-refractivity contribution in [1.29, 1.82) is 0 Å². The van der Waals surface area contributed by atoms with Gasteiger partial charge >= 0.3 is 18.3 Å². The molecule has 0 saturated heterocycles. The van der Waals surface area contributed by atoms with E-state index in [9.17, 15) is 31.5 Å². The van der Waals surface area contributed by atoms with Crippen LogP contribution >= 0.6 is 0 Å². The van der Waals surface area contributed by atoms with Gasteiger partial charge < -0.3 is 10.1 Å². The van der Waals surface area contributed by atoms with Crippen LogP contribution in [0.3, 0.4) is 0 Å². The van der Waals surface area contributed by atoms with Crippen LogP contribution in [0.25, 0.3) is 0 Å². The number of carbonyl (C=O) groups excluding carboxylic acids is 2. The van der Waals surface area contributed by atoms with Crippen molar-refractivity contribution < 1.29 is 36.3 Å². The van der Waals surface area contributed by atoms with E-state index in [0.717, 1.165) is 32.1 Å². The molecule has 0 bridgehead atoms. The molecule has 0 aromatic heterocycles. The Bertz CT molecular complexity index is 400. The Hall–Kier alpha value is -1.41. The summed E-state index contributed by atoms with van der Waals surface area (Å²) in [6.07, 6.45) is -3.24. The van der Waals surface area contributed by atoms with Crippen molar-refractivity contribution in [3.05, 3.63) is 0 Å². The molecule has 1 N–H and O–H groups in total. The van der Waals surface area contributed by atoms with Gasteiger partial charge in [0.05, 0.1) is 6.42 Å². The van der Waals surface area contributed by atoms with E-state index in [1.165, 1.54) is 0 Å². The topological polar surface area (TPSA) is 55.4 Å². The van der Waals surface area contributed by atoms with Crippen LogP contribution in [0.15, 0.2) is 0 Å². The average Bonchev–Trinajstić information content (AvgIpc) is 2.51. The summed E-state index contributed by atoms with van der Waals surface area (Å²) < 4.78 is 66.0. The molecule has 1 aliphatic carbocycles. The molecule has 0 spiro atoms. The average molecular weight is 345 g/mol. The van der Waals surface area contributed by atoms with Crippen molar-refractivity contribution in [3.8, 4) is 0 Å². The van der Waals surface area contributed by atoms with Crippen LogP contribution in [0.5, 0.6) is 0 Å². The van der Waals surface area contributed by atoms with Crippen molar-refractivity contribution in [2.24, 2.45) is 0 Å². The number of hydrogen-bond donors (Lipinski definition) is 1. The van der Waals surface area contributed by atoms with Gasteiger partial charge in [-0.1, -0.05) is 19.3 Å². The lowest BCUT2D eigenvalue weighted by molar-refractivity contribution is -0.186. The quantitative estimate of drug-likeness (QED) is 0.543. The fourth-order valence-corrected chi connectivity index (χ4v) is 2.25. The Labute approximate surface area is 130 Å². The standard InChI is InChI=1S/C14H20F5NO3/c15-10(14(18,19)13(16)17)8-23-12(22)7-6-11(21)20-9-4-2-1-3-5-9/h9-10,13H,1-8H2,(H,20,21). The van der Waals surface area contributed by atoms with Crippen LogP contribution in [-0.4, -0.2) is 43.0 Å². The first-order chi connectivity index (χ1) is 10.7. The van der Waals surface area contributed by atoms with Crippen molar-refractivity contribution in [2.75, 3.05) is 6.61 Å². The fourth-order valence-electron chi connectivity index (χ4n) is 2.25.